The van der Waals surface area contributed by atoms with E-state index < -0.39 is 0 Å². The number of H-pyrrole nitrogens is 1. The van der Waals surface area contributed by atoms with Gasteiger partial charge in [-0.05, 0) is 61.0 Å². The molecule has 2 N–H and O–H groups in total. The molecule has 9 heteroatoms. The topological polar surface area (TPSA) is 89.9 Å². The number of rotatable bonds is 6. The summed E-state index contributed by atoms with van der Waals surface area (Å²) in [4.78, 5) is 20.9. The van der Waals surface area contributed by atoms with E-state index >= 15 is 0 Å². The lowest BCUT2D eigenvalue weighted by atomic mass is 10.1. The van der Waals surface area contributed by atoms with Crippen LogP contribution in [0.1, 0.15) is 12.5 Å². The number of fused-ring (bicyclic) bond motifs is 3. The van der Waals surface area contributed by atoms with Gasteiger partial charge in [-0.1, -0.05) is 17.7 Å². The average Bonchev–Trinajstić information content (AvgIpc) is 3.46. The second kappa shape index (κ2) is 8.56. The van der Waals surface area contributed by atoms with E-state index in [0.717, 1.165) is 28.0 Å². The van der Waals surface area contributed by atoms with Crippen LogP contribution in [0.5, 0.6) is 17.2 Å². The predicted octanol–water partition coefficient (Wildman–Crippen LogP) is 5.24. The summed E-state index contributed by atoms with van der Waals surface area (Å²) in [7, 11) is 0. The van der Waals surface area contributed by atoms with Gasteiger partial charge in [0.25, 0.3) is 5.56 Å². The summed E-state index contributed by atoms with van der Waals surface area (Å²) in [5.41, 5.74) is 3.12. The van der Waals surface area contributed by atoms with E-state index in [-0.39, 0.29) is 12.4 Å². The van der Waals surface area contributed by atoms with Crippen molar-refractivity contribution in [2.75, 3.05) is 18.7 Å². The van der Waals surface area contributed by atoms with Crippen LogP contribution in [0.2, 0.25) is 5.02 Å². The Balaban J connectivity index is 1.45. The molecule has 0 aliphatic carbocycles. The van der Waals surface area contributed by atoms with Gasteiger partial charge in [-0.25, -0.2) is 4.98 Å². The van der Waals surface area contributed by atoms with Crippen molar-refractivity contribution in [1.82, 2.24) is 14.4 Å². The van der Waals surface area contributed by atoms with Crippen LogP contribution in [0.25, 0.3) is 27.8 Å². The third-order valence-corrected chi connectivity index (χ3v) is 6.08. The molecule has 0 saturated carbocycles. The third-order valence-electron chi connectivity index (χ3n) is 5.86. The maximum Gasteiger partial charge on any atom is 0.258 e. The van der Waals surface area contributed by atoms with Crippen molar-refractivity contribution in [3.8, 4) is 28.5 Å². The minimum absolute atomic E-state index is 0.220. The normalized spacial score (nSPS) is 12.4. The Morgan fingerprint density at radius 1 is 1.11 bits per heavy atom. The molecule has 8 nitrogen and oxygen atoms in total. The molecule has 0 amide bonds. The van der Waals surface area contributed by atoms with Gasteiger partial charge in [0.1, 0.15) is 22.9 Å². The van der Waals surface area contributed by atoms with E-state index in [1.165, 1.54) is 0 Å². The Labute approximate surface area is 205 Å². The smallest absolute Gasteiger partial charge is 0.258 e. The summed E-state index contributed by atoms with van der Waals surface area (Å²) in [6.45, 7) is 3.19. The maximum atomic E-state index is 13.1. The Morgan fingerprint density at radius 2 is 2.00 bits per heavy atom. The lowest BCUT2D eigenvalue weighted by molar-refractivity contribution is 0.174. The van der Waals surface area contributed by atoms with Gasteiger partial charge in [0.2, 0.25) is 6.79 Å². The Bertz CT molecular complexity index is 1640. The SMILES string of the molecule is CCOc1ccc2[nH]c(=O)c(-c3nc4ccc(Cl)cn4c3NCc3ccc4c(c3)OCO4)cc2c1. The molecular weight excluding hydrogens is 468 g/mol. The predicted molar refractivity (Wildman–Crippen MR) is 135 cm³/mol. The van der Waals surface area contributed by atoms with Gasteiger partial charge in [-0.2, -0.15) is 0 Å². The van der Waals surface area contributed by atoms with Crippen LogP contribution in [0.4, 0.5) is 5.82 Å². The van der Waals surface area contributed by atoms with Crippen LogP contribution in [-0.4, -0.2) is 27.8 Å². The number of benzene rings is 2. The zero-order valence-corrected chi connectivity index (χ0v) is 19.6. The van der Waals surface area contributed by atoms with Crippen molar-refractivity contribution in [3.63, 3.8) is 0 Å². The van der Waals surface area contributed by atoms with Crippen LogP contribution >= 0.6 is 11.6 Å². The Hall–Kier alpha value is -4.17. The van der Waals surface area contributed by atoms with Crippen LogP contribution in [0.3, 0.4) is 0 Å². The summed E-state index contributed by atoms with van der Waals surface area (Å²) < 4.78 is 18.4. The summed E-state index contributed by atoms with van der Waals surface area (Å²) in [6.07, 6.45) is 1.78. The molecular formula is C26H21ClN4O4. The standard InChI is InChI=1S/C26H21ClN4O4/c1-2-33-18-5-6-20-16(10-18)11-19(26(32)29-20)24-25(31-13-17(27)4-8-23(31)30-24)28-12-15-3-7-21-22(9-15)35-14-34-21/h3-11,13,28H,2,12,14H2,1H3,(H,29,32). The van der Waals surface area contributed by atoms with Crippen molar-refractivity contribution in [3.05, 3.63) is 81.7 Å². The van der Waals surface area contributed by atoms with Crippen molar-refractivity contribution in [2.45, 2.75) is 13.5 Å². The molecule has 2 aromatic carbocycles. The lowest BCUT2D eigenvalue weighted by Crippen LogP contribution is -2.11. The molecule has 0 saturated heterocycles. The minimum Gasteiger partial charge on any atom is -0.494 e. The quantitative estimate of drug-likeness (QED) is 0.340. The van der Waals surface area contributed by atoms with E-state index in [1.54, 1.807) is 12.3 Å². The van der Waals surface area contributed by atoms with Gasteiger partial charge in [0.15, 0.2) is 11.5 Å². The molecule has 1 aliphatic heterocycles. The monoisotopic (exact) mass is 488 g/mol. The first-order valence-electron chi connectivity index (χ1n) is 11.2. The fourth-order valence-corrected chi connectivity index (χ4v) is 4.39. The van der Waals surface area contributed by atoms with Gasteiger partial charge < -0.3 is 24.5 Å². The summed E-state index contributed by atoms with van der Waals surface area (Å²) in [5.74, 6) is 2.83. The van der Waals surface area contributed by atoms with E-state index in [0.29, 0.717) is 46.6 Å². The molecule has 35 heavy (non-hydrogen) atoms. The van der Waals surface area contributed by atoms with Crippen LogP contribution in [-0.2, 0) is 6.54 Å². The molecule has 176 valence electrons. The molecule has 3 aromatic heterocycles. The molecule has 4 heterocycles. The fourth-order valence-electron chi connectivity index (χ4n) is 4.23. The molecule has 0 radical (unpaired) electrons. The number of nitrogens with one attached hydrogen (secondary N) is 2. The van der Waals surface area contributed by atoms with Crippen LogP contribution in [0.15, 0.2) is 65.6 Å². The third kappa shape index (κ3) is 3.91. The van der Waals surface area contributed by atoms with Crippen molar-refractivity contribution in [1.29, 1.82) is 0 Å². The summed E-state index contributed by atoms with van der Waals surface area (Å²) in [6, 6.07) is 16.8. The summed E-state index contributed by atoms with van der Waals surface area (Å²) >= 11 is 6.29. The molecule has 0 spiro atoms. The van der Waals surface area contributed by atoms with Gasteiger partial charge in [0.05, 0.1) is 17.2 Å². The van der Waals surface area contributed by atoms with E-state index in [2.05, 4.69) is 10.3 Å². The number of ether oxygens (including phenoxy) is 3. The second-order valence-electron chi connectivity index (χ2n) is 8.12. The summed E-state index contributed by atoms with van der Waals surface area (Å²) in [5, 5.41) is 4.85. The number of nitrogens with zero attached hydrogens (tertiary/aromatic N) is 2. The van der Waals surface area contributed by atoms with Gasteiger partial charge >= 0.3 is 0 Å². The van der Waals surface area contributed by atoms with E-state index in [9.17, 15) is 4.79 Å². The fraction of sp³-hybridized carbons (Fsp3) is 0.154. The molecule has 0 atom stereocenters. The lowest BCUT2D eigenvalue weighted by Gasteiger charge is -2.10. The first-order valence-corrected chi connectivity index (χ1v) is 11.6. The first-order chi connectivity index (χ1) is 17.1. The molecule has 1 aliphatic rings. The van der Waals surface area contributed by atoms with E-state index in [4.69, 9.17) is 30.8 Å². The first kappa shape index (κ1) is 21.4. The molecule has 5 aromatic rings. The number of hydrogen-bond donors (Lipinski definition) is 2. The van der Waals surface area contributed by atoms with Crippen LogP contribution < -0.4 is 25.1 Å². The van der Waals surface area contributed by atoms with Gasteiger partial charge in [-0.15, -0.1) is 0 Å². The average molecular weight is 489 g/mol. The van der Waals surface area contributed by atoms with Crippen LogP contribution in [0, 0.1) is 0 Å². The largest absolute Gasteiger partial charge is 0.494 e. The Kier molecular flexibility index (Phi) is 5.22. The molecule has 0 fully saturated rings. The number of aromatic nitrogens is 3. The molecule has 0 unspecified atom stereocenters. The highest BCUT2D eigenvalue weighted by Crippen LogP contribution is 2.34. The van der Waals surface area contributed by atoms with Crippen molar-refractivity contribution >= 4 is 34.0 Å². The zero-order valence-electron chi connectivity index (χ0n) is 18.8. The van der Waals surface area contributed by atoms with Gasteiger partial charge in [0, 0.05) is 23.6 Å². The van der Waals surface area contributed by atoms with E-state index in [1.807, 2.05) is 59.9 Å². The highest BCUT2D eigenvalue weighted by molar-refractivity contribution is 6.30. The van der Waals surface area contributed by atoms with Gasteiger partial charge in [-0.3, -0.25) is 9.20 Å². The number of pyridine rings is 2. The highest BCUT2D eigenvalue weighted by atomic mass is 35.5. The number of anilines is 1. The Morgan fingerprint density at radius 3 is 2.89 bits per heavy atom. The van der Waals surface area contributed by atoms with Crippen molar-refractivity contribution < 1.29 is 14.2 Å². The number of imidazole rings is 1. The number of aromatic amines is 1. The second-order valence-corrected chi connectivity index (χ2v) is 8.56. The number of halogens is 1. The molecule has 0 bridgehead atoms. The number of hydrogen-bond acceptors (Lipinski definition) is 6. The molecule has 6 rings (SSSR count). The zero-order chi connectivity index (χ0) is 23.9. The maximum absolute atomic E-state index is 13.1. The van der Waals surface area contributed by atoms with Crippen molar-refractivity contribution in [2.24, 2.45) is 0 Å². The minimum atomic E-state index is -0.234. The highest BCUT2D eigenvalue weighted by Gasteiger charge is 2.19.